The Balaban J connectivity index is 1.50. The minimum Gasteiger partial charge on any atom is -0.450 e. The van der Waals surface area contributed by atoms with Gasteiger partial charge in [0.25, 0.3) is 5.91 Å². The van der Waals surface area contributed by atoms with Gasteiger partial charge in [0.05, 0.1) is 24.7 Å². The van der Waals surface area contributed by atoms with Gasteiger partial charge in [-0.05, 0) is 66.0 Å². The molecule has 2 heterocycles. The van der Waals surface area contributed by atoms with Gasteiger partial charge in [-0.2, -0.15) is 0 Å². The van der Waals surface area contributed by atoms with Crippen molar-refractivity contribution in [1.82, 2.24) is 5.32 Å². The number of carbonyl (C=O) groups is 1. The summed E-state index contributed by atoms with van der Waals surface area (Å²) in [5.41, 5.74) is 2.66. The maximum atomic E-state index is 12.6. The maximum absolute atomic E-state index is 12.6. The number of quaternary nitrogens is 2. The molecule has 2 unspecified atom stereocenters. The first-order valence-electron chi connectivity index (χ1n) is 12.3. The summed E-state index contributed by atoms with van der Waals surface area (Å²) in [7, 11) is 0. The Kier molecular flexibility index (Phi) is 8.55. The largest absolute Gasteiger partial charge is 0.450 e. The molecule has 5 nitrogen and oxygen atoms in total. The fourth-order valence-corrected chi connectivity index (χ4v) is 4.58. The summed E-state index contributed by atoms with van der Waals surface area (Å²) in [5.74, 6) is 1.18. The van der Waals surface area contributed by atoms with Crippen molar-refractivity contribution < 1.29 is 19.0 Å². The lowest BCUT2D eigenvalue weighted by Crippen LogP contribution is -3.16. The molecule has 0 spiro atoms. The second kappa shape index (κ2) is 11.2. The molecular formula is C27H43N3O2+2. The summed E-state index contributed by atoms with van der Waals surface area (Å²) < 4.78 is 5.95. The van der Waals surface area contributed by atoms with Crippen molar-refractivity contribution in [1.29, 1.82) is 0 Å². The summed E-state index contributed by atoms with van der Waals surface area (Å²) in [6.07, 6.45) is 5.03. The highest BCUT2D eigenvalue weighted by Gasteiger charge is 2.27. The molecule has 0 bridgehead atoms. The van der Waals surface area contributed by atoms with Crippen molar-refractivity contribution in [2.75, 3.05) is 19.6 Å². The van der Waals surface area contributed by atoms with Gasteiger partial charge >= 0.3 is 0 Å². The number of nitrogens with one attached hydrogen (secondary N) is 3. The van der Waals surface area contributed by atoms with Crippen molar-refractivity contribution in [3.05, 3.63) is 59.0 Å². The minimum absolute atomic E-state index is 0.0635. The Morgan fingerprint density at radius 2 is 1.88 bits per heavy atom. The van der Waals surface area contributed by atoms with E-state index < -0.39 is 0 Å². The van der Waals surface area contributed by atoms with E-state index in [4.69, 9.17) is 4.42 Å². The number of hydrogen-bond acceptors (Lipinski definition) is 2. The zero-order valence-electron chi connectivity index (χ0n) is 20.7. The lowest BCUT2D eigenvalue weighted by Gasteiger charge is -2.31. The Morgan fingerprint density at radius 3 is 2.56 bits per heavy atom. The Bertz CT molecular complexity index is 851. The third-order valence-corrected chi connectivity index (χ3v) is 6.91. The molecule has 2 aromatic rings. The summed E-state index contributed by atoms with van der Waals surface area (Å²) in [5, 5.41) is 3.04. The van der Waals surface area contributed by atoms with Crippen molar-refractivity contribution in [3.63, 3.8) is 0 Å². The molecule has 176 valence electrons. The van der Waals surface area contributed by atoms with Gasteiger partial charge in [-0.3, -0.25) is 4.79 Å². The molecule has 3 atom stereocenters. The van der Waals surface area contributed by atoms with Crippen LogP contribution < -0.4 is 15.1 Å². The van der Waals surface area contributed by atoms with E-state index in [9.17, 15) is 4.79 Å². The predicted octanol–water partition coefficient (Wildman–Crippen LogP) is 2.55. The molecule has 32 heavy (non-hydrogen) atoms. The van der Waals surface area contributed by atoms with Crippen LogP contribution in [0.4, 0.5) is 0 Å². The minimum atomic E-state index is -0.103. The van der Waals surface area contributed by atoms with Crippen molar-refractivity contribution in [3.8, 4) is 0 Å². The van der Waals surface area contributed by atoms with Crippen LogP contribution >= 0.6 is 0 Å². The molecule has 0 radical (unpaired) electrons. The molecule has 1 aromatic carbocycles. The number of benzene rings is 1. The molecule has 3 N–H and O–H groups in total. The number of likely N-dealkylation sites (tertiary alicyclic amines) is 1. The normalized spacial score (nSPS) is 20.2. The van der Waals surface area contributed by atoms with Crippen LogP contribution in [0.5, 0.6) is 0 Å². The fourth-order valence-electron chi connectivity index (χ4n) is 4.58. The third-order valence-electron chi connectivity index (χ3n) is 6.91. The highest BCUT2D eigenvalue weighted by Crippen LogP contribution is 2.09. The van der Waals surface area contributed by atoms with Crippen LogP contribution in [0.1, 0.15) is 80.8 Å². The number of aryl methyl sites for hydroxylation is 1. The van der Waals surface area contributed by atoms with Gasteiger partial charge in [-0.1, -0.05) is 29.8 Å². The first-order chi connectivity index (χ1) is 15.2. The average molecular weight is 442 g/mol. The predicted molar refractivity (Wildman–Crippen MR) is 129 cm³/mol. The van der Waals surface area contributed by atoms with Crippen LogP contribution in [-0.2, 0) is 13.1 Å². The molecule has 5 heteroatoms. The first kappa shape index (κ1) is 24.5. The van der Waals surface area contributed by atoms with Crippen LogP contribution in [0.2, 0.25) is 0 Å². The molecule has 1 fully saturated rings. The number of rotatable bonds is 9. The molecule has 3 rings (SSSR count). The third kappa shape index (κ3) is 7.21. The smallest absolute Gasteiger partial charge is 0.287 e. The van der Waals surface area contributed by atoms with Crippen LogP contribution in [0.15, 0.2) is 40.8 Å². The van der Waals surface area contributed by atoms with Crippen molar-refractivity contribution in [2.45, 2.75) is 85.0 Å². The lowest BCUT2D eigenvalue weighted by atomic mass is 10.0. The van der Waals surface area contributed by atoms with E-state index >= 15 is 0 Å². The quantitative estimate of drug-likeness (QED) is 0.524. The maximum Gasteiger partial charge on any atom is 0.287 e. The van der Waals surface area contributed by atoms with Crippen LogP contribution in [0.25, 0.3) is 0 Å². The number of carbonyl (C=O) groups excluding carboxylic acids is 1. The van der Waals surface area contributed by atoms with E-state index in [0.29, 0.717) is 12.3 Å². The van der Waals surface area contributed by atoms with Gasteiger partial charge in [-0.15, -0.1) is 0 Å². The van der Waals surface area contributed by atoms with Crippen LogP contribution in [0.3, 0.4) is 0 Å². The monoisotopic (exact) mass is 441 g/mol. The van der Waals surface area contributed by atoms with Gasteiger partial charge in [-0.25, -0.2) is 0 Å². The summed E-state index contributed by atoms with van der Waals surface area (Å²) in [4.78, 5) is 15.6. The lowest BCUT2D eigenvalue weighted by molar-refractivity contribution is -0.973. The fraction of sp³-hybridized carbons (Fsp3) is 0.593. The summed E-state index contributed by atoms with van der Waals surface area (Å²) in [6, 6.07) is 13.3. The van der Waals surface area contributed by atoms with Gasteiger partial charge in [0, 0.05) is 18.5 Å². The zero-order valence-corrected chi connectivity index (χ0v) is 20.7. The standard InChI is InChI=1S/C27H41N3O2/c1-21-10-12-23(13-11-21)19-30(27(3,4)5)20-24-14-15-25(32-24)26(31)28-16-8-18-29-17-7-6-9-22(29)2/h10-15,22H,6-9,16-20H2,1-5H3,(H,28,31)/p+2/t22-/m0/s1. The second-order valence-electron chi connectivity index (χ2n) is 10.6. The molecule has 1 aliphatic rings. The number of piperidine rings is 1. The number of amides is 1. The molecular weight excluding hydrogens is 398 g/mol. The van der Waals surface area contributed by atoms with Gasteiger partial charge in [0.15, 0.2) is 11.5 Å². The highest BCUT2D eigenvalue weighted by atomic mass is 16.4. The van der Waals surface area contributed by atoms with E-state index in [0.717, 1.165) is 37.9 Å². The van der Waals surface area contributed by atoms with Gasteiger partial charge in [0.2, 0.25) is 0 Å². The van der Waals surface area contributed by atoms with E-state index in [2.05, 4.69) is 64.2 Å². The number of furan rings is 1. The SMILES string of the molecule is Cc1ccc(C[NH+](Cc2ccc(C(=O)NCCC[NH+]3CCCC[C@@H]3C)o2)C(C)(C)C)cc1. The summed E-state index contributed by atoms with van der Waals surface area (Å²) >= 11 is 0. The van der Waals surface area contributed by atoms with E-state index in [1.165, 1.54) is 41.8 Å². The second-order valence-corrected chi connectivity index (χ2v) is 10.6. The Hall–Kier alpha value is -2.11. The van der Waals surface area contributed by atoms with Gasteiger partial charge in [0.1, 0.15) is 13.1 Å². The zero-order chi connectivity index (χ0) is 23.1. The molecule has 1 amide bonds. The van der Waals surface area contributed by atoms with Crippen molar-refractivity contribution in [2.24, 2.45) is 0 Å². The van der Waals surface area contributed by atoms with E-state index in [1.54, 1.807) is 4.90 Å². The van der Waals surface area contributed by atoms with Gasteiger partial charge < -0.3 is 19.5 Å². The topological polar surface area (TPSA) is 51.1 Å². The molecule has 1 aromatic heterocycles. The molecule has 0 aliphatic carbocycles. The van der Waals surface area contributed by atoms with Crippen LogP contribution in [-0.4, -0.2) is 37.1 Å². The summed E-state index contributed by atoms with van der Waals surface area (Å²) in [6.45, 7) is 16.0. The van der Waals surface area contributed by atoms with E-state index in [-0.39, 0.29) is 11.4 Å². The first-order valence-corrected chi connectivity index (χ1v) is 12.3. The Morgan fingerprint density at radius 1 is 1.12 bits per heavy atom. The molecule has 1 saturated heterocycles. The van der Waals surface area contributed by atoms with E-state index in [1.807, 2.05) is 12.1 Å². The Labute approximate surface area is 194 Å². The highest BCUT2D eigenvalue weighted by molar-refractivity contribution is 5.91. The molecule has 1 aliphatic heterocycles. The molecule has 0 saturated carbocycles. The average Bonchev–Trinajstić information content (AvgIpc) is 3.21. The van der Waals surface area contributed by atoms with Crippen molar-refractivity contribution >= 4 is 5.91 Å². The van der Waals surface area contributed by atoms with Crippen LogP contribution in [0, 0.1) is 6.92 Å². The number of hydrogen-bond donors (Lipinski definition) is 3.